The Labute approximate surface area is 156 Å². The molecule has 3 aromatic rings. The lowest BCUT2D eigenvalue weighted by Crippen LogP contribution is -2.33. The van der Waals surface area contributed by atoms with Crippen molar-refractivity contribution in [2.45, 2.75) is 38.5 Å². The van der Waals surface area contributed by atoms with E-state index in [-0.39, 0.29) is 0 Å². The number of nitrogens with zero attached hydrogens (tertiary/aromatic N) is 7. The second-order valence-corrected chi connectivity index (χ2v) is 7.15. The van der Waals surface area contributed by atoms with Crippen LogP contribution in [0, 0.1) is 0 Å². The Bertz CT molecular complexity index is 942. The van der Waals surface area contributed by atoms with Crippen LogP contribution >= 0.6 is 0 Å². The van der Waals surface area contributed by atoms with Crippen molar-refractivity contribution in [1.82, 2.24) is 34.5 Å². The summed E-state index contributed by atoms with van der Waals surface area (Å²) >= 11 is 0. The second-order valence-electron chi connectivity index (χ2n) is 7.15. The molecule has 0 unspecified atom stereocenters. The van der Waals surface area contributed by atoms with Gasteiger partial charge in [-0.25, -0.2) is 0 Å². The third-order valence-corrected chi connectivity index (χ3v) is 5.54. The van der Waals surface area contributed by atoms with Crippen LogP contribution in [0.5, 0.6) is 5.88 Å². The van der Waals surface area contributed by atoms with E-state index in [2.05, 4.69) is 30.0 Å². The smallest absolute Gasteiger partial charge is 0.231 e. The van der Waals surface area contributed by atoms with E-state index < -0.39 is 0 Å². The molecule has 0 spiro atoms. The van der Waals surface area contributed by atoms with Gasteiger partial charge in [0, 0.05) is 24.1 Å². The van der Waals surface area contributed by atoms with E-state index in [1.165, 1.54) is 11.3 Å². The van der Waals surface area contributed by atoms with Crippen molar-refractivity contribution in [3.63, 3.8) is 0 Å². The van der Waals surface area contributed by atoms with Gasteiger partial charge >= 0.3 is 0 Å². The van der Waals surface area contributed by atoms with Gasteiger partial charge in [0.25, 0.3) is 0 Å². The van der Waals surface area contributed by atoms with Gasteiger partial charge in [0.15, 0.2) is 11.5 Å². The van der Waals surface area contributed by atoms with Crippen LogP contribution in [-0.2, 0) is 24.4 Å². The van der Waals surface area contributed by atoms with Crippen molar-refractivity contribution >= 4 is 5.65 Å². The molecule has 0 aromatic carbocycles. The minimum atomic E-state index is 0.361. The minimum absolute atomic E-state index is 0.361. The summed E-state index contributed by atoms with van der Waals surface area (Å²) in [5.41, 5.74) is 3.27. The largest absolute Gasteiger partial charge is 0.480 e. The van der Waals surface area contributed by atoms with Gasteiger partial charge in [-0.1, -0.05) is 0 Å². The zero-order valence-corrected chi connectivity index (χ0v) is 15.4. The number of ether oxygens (including phenoxy) is 2. The Balaban J connectivity index is 1.27. The monoisotopic (exact) mass is 369 g/mol. The van der Waals surface area contributed by atoms with Crippen LogP contribution in [0.2, 0.25) is 0 Å². The van der Waals surface area contributed by atoms with Crippen LogP contribution < -0.4 is 4.74 Å². The minimum Gasteiger partial charge on any atom is -0.480 e. The molecule has 0 atom stereocenters. The molecule has 5 heterocycles. The summed E-state index contributed by atoms with van der Waals surface area (Å²) in [5, 5.41) is 17.6. The first kappa shape index (κ1) is 16.6. The van der Waals surface area contributed by atoms with E-state index >= 15 is 0 Å². The summed E-state index contributed by atoms with van der Waals surface area (Å²) in [7, 11) is 1.62. The van der Waals surface area contributed by atoms with Crippen molar-refractivity contribution in [2.24, 2.45) is 0 Å². The van der Waals surface area contributed by atoms with Gasteiger partial charge in [-0.3, -0.25) is 9.58 Å². The average molecular weight is 369 g/mol. The van der Waals surface area contributed by atoms with E-state index in [9.17, 15) is 0 Å². The molecule has 5 rings (SSSR count). The molecule has 0 bridgehead atoms. The topological polar surface area (TPSA) is 82.6 Å². The number of piperidine rings is 1. The molecule has 0 saturated carbocycles. The first-order chi connectivity index (χ1) is 13.3. The van der Waals surface area contributed by atoms with Gasteiger partial charge in [0.1, 0.15) is 0 Å². The summed E-state index contributed by atoms with van der Waals surface area (Å²) in [6.07, 6.45) is 4.08. The first-order valence-corrected chi connectivity index (χ1v) is 9.42. The molecule has 0 N–H and O–H groups in total. The fourth-order valence-electron chi connectivity index (χ4n) is 4.00. The Morgan fingerprint density at radius 1 is 1.19 bits per heavy atom. The molecular weight excluding hydrogens is 346 g/mol. The highest BCUT2D eigenvalue weighted by Crippen LogP contribution is 2.28. The van der Waals surface area contributed by atoms with Crippen LogP contribution in [0.1, 0.15) is 35.8 Å². The highest BCUT2D eigenvalue weighted by atomic mass is 16.5. The molecule has 0 aliphatic carbocycles. The molecule has 0 amide bonds. The van der Waals surface area contributed by atoms with Crippen molar-refractivity contribution in [1.29, 1.82) is 0 Å². The Morgan fingerprint density at radius 2 is 2.07 bits per heavy atom. The van der Waals surface area contributed by atoms with Gasteiger partial charge < -0.3 is 9.47 Å². The molecule has 2 aliphatic rings. The predicted octanol–water partition coefficient (Wildman–Crippen LogP) is 1.24. The third kappa shape index (κ3) is 3.06. The van der Waals surface area contributed by atoms with E-state index in [1.807, 2.05) is 22.8 Å². The molecule has 9 nitrogen and oxygen atoms in total. The van der Waals surface area contributed by atoms with E-state index in [1.54, 1.807) is 7.11 Å². The predicted molar refractivity (Wildman–Crippen MR) is 96.5 cm³/mol. The molecule has 3 aromatic heterocycles. The number of methoxy groups -OCH3 is 1. The summed E-state index contributed by atoms with van der Waals surface area (Å²) in [6, 6.07) is 3.70. The maximum Gasteiger partial charge on any atom is 0.231 e. The van der Waals surface area contributed by atoms with Gasteiger partial charge in [-0.2, -0.15) is 9.61 Å². The number of aromatic nitrogens is 6. The SMILES string of the molecule is COc1ccc2nnc(C3CCN(Cc4cnn5c4COCC5)CC3)n2n1. The summed E-state index contributed by atoms with van der Waals surface area (Å²) in [6.45, 7) is 5.26. The number of hydrogen-bond donors (Lipinski definition) is 0. The quantitative estimate of drug-likeness (QED) is 0.684. The normalized spacial score (nSPS) is 18.7. The van der Waals surface area contributed by atoms with Crippen molar-refractivity contribution in [3.05, 3.63) is 35.4 Å². The lowest BCUT2D eigenvalue weighted by Gasteiger charge is -2.31. The maximum atomic E-state index is 5.60. The van der Waals surface area contributed by atoms with Crippen LogP contribution in [0.4, 0.5) is 0 Å². The second kappa shape index (κ2) is 6.90. The fourth-order valence-corrected chi connectivity index (χ4v) is 4.00. The molecule has 27 heavy (non-hydrogen) atoms. The molecule has 9 heteroatoms. The van der Waals surface area contributed by atoms with Gasteiger partial charge in [0.2, 0.25) is 5.88 Å². The Kier molecular flexibility index (Phi) is 4.25. The lowest BCUT2D eigenvalue weighted by atomic mass is 9.96. The van der Waals surface area contributed by atoms with E-state index in [0.29, 0.717) is 18.4 Å². The lowest BCUT2D eigenvalue weighted by molar-refractivity contribution is 0.0784. The van der Waals surface area contributed by atoms with E-state index in [0.717, 1.165) is 57.1 Å². The molecule has 2 aliphatic heterocycles. The highest BCUT2D eigenvalue weighted by Gasteiger charge is 2.26. The standard InChI is InChI=1S/C18H23N7O2/c1-26-17-3-2-16-20-21-18(25(16)22-17)13-4-6-23(7-5-13)11-14-10-19-24-8-9-27-12-15(14)24/h2-3,10,13H,4-9,11-12H2,1H3. The van der Waals surface area contributed by atoms with Crippen molar-refractivity contribution < 1.29 is 9.47 Å². The van der Waals surface area contributed by atoms with Crippen molar-refractivity contribution in [2.75, 3.05) is 26.8 Å². The number of rotatable bonds is 4. The van der Waals surface area contributed by atoms with E-state index in [4.69, 9.17) is 9.47 Å². The summed E-state index contributed by atoms with van der Waals surface area (Å²) in [5.74, 6) is 1.87. The Hall–Kier alpha value is -2.52. The average Bonchev–Trinajstić information content (AvgIpc) is 3.32. The highest BCUT2D eigenvalue weighted by molar-refractivity contribution is 5.38. The number of hydrogen-bond acceptors (Lipinski definition) is 7. The first-order valence-electron chi connectivity index (χ1n) is 9.42. The van der Waals surface area contributed by atoms with Crippen LogP contribution in [0.15, 0.2) is 18.3 Å². The number of fused-ring (bicyclic) bond motifs is 2. The number of likely N-dealkylation sites (tertiary alicyclic amines) is 1. The van der Waals surface area contributed by atoms with Gasteiger partial charge in [-0.15, -0.1) is 15.3 Å². The third-order valence-electron chi connectivity index (χ3n) is 5.54. The molecule has 0 radical (unpaired) electrons. The molecule has 142 valence electrons. The van der Waals surface area contributed by atoms with Crippen molar-refractivity contribution in [3.8, 4) is 5.88 Å². The van der Waals surface area contributed by atoms with Crippen LogP contribution in [0.25, 0.3) is 5.65 Å². The summed E-state index contributed by atoms with van der Waals surface area (Å²) < 4.78 is 14.7. The molecule has 1 saturated heterocycles. The van der Waals surface area contributed by atoms with Crippen LogP contribution in [-0.4, -0.2) is 61.3 Å². The zero-order chi connectivity index (χ0) is 18.2. The zero-order valence-electron chi connectivity index (χ0n) is 15.4. The molecular formula is C18H23N7O2. The van der Waals surface area contributed by atoms with Gasteiger partial charge in [0.05, 0.1) is 38.8 Å². The maximum absolute atomic E-state index is 5.60. The summed E-state index contributed by atoms with van der Waals surface area (Å²) in [4.78, 5) is 2.49. The Morgan fingerprint density at radius 3 is 2.93 bits per heavy atom. The molecule has 1 fully saturated rings. The van der Waals surface area contributed by atoms with Gasteiger partial charge in [-0.05, 0) is 32.0 Å². The fraction of sp³-hybridized carbons (Fsp3) is 0.556. The van der Waals surface area contributed by atoms with Crippen LogP contribution in [0.3, 0.4) is 0 Å².